The van der Waals surface area contributed by atoms with Gasteiger partial charge in [-0.3, -0.25) is 0 Å². The van der Waals surface area contributed by atoms with Gasteiger partial charge in [-0.2, -0.15) is 0 Å². The predicted molar refractivity (Wildman–Crippen MR) is 45.6 cm³/mol. The molecule has 0 fully saturated rings. The summed E-state index contributed by atoms with van der Waals surface area (Å²) >= 11 is 3.38. The lowest BCUT2D eigenvalue weighted by Crippen LogP contribution is -2.10. The van der Waals surface area contributed by atoms with Gasteiger partial charge >= 0.3 is 0 Å². The molecular weight excluding hydrogens is 176 g/mol. The van der Waals surface area contributed by atoms with Crippen LogP contribution in [0.2, 0.25) is 0 Å². The first-order chi connectivity index (χ1) is 3.95. The first-order valence-electron chi connectivity index (χ1n) is 3.06. The molecule has 0 saturated carbocycles. The number of alkyl halides is 1. The summed E-state index contributed by atoms with van der Waals surface area (Å²) in [5, 5.41) is 0. The third kappa shape index (κ3) is 5.92. The zero-order chi connectivity index (χ0) is 7.49. The van der Waals surface area contributed by atoms with Crippen LogP contribution in [0.25, 0.3) is 0 Å². The molecule has 0 aromatic heterocycles. The lowest BCUT2D eigenvalue weighted by molar-refractivity contribution is 0.390. The van der Waals surface area contributed by atoms with Crippen molar-refractivity contribution in [1.82, 2.24) is 0 Å². The fraction of sp³-hybridized carbons (Fsp3) is 0.750. The number of halogens is 1. The van der Waals surface area contributed by atoms with Crippen molar-refractivity contribution in [2.24, 2.45) is 5.41 Å². The Morgan fingerprint density at radius 3 is 2.11 bits per heavy atom. The van der Waals surface area contributed by atoms with Crippen LogP contribution in [0.3, 0.4) is 0 Å². The molecule has 0 bridgehead atoms. The van der Waals surface area contributed by atoms with E-state index in [1.54, 1.807) is 0 Å². The molecular formula is C8H13Br. The Hall–Kier alpha value is 0.0400. The van der Waals surface area contributed by atoms with Crippen LogP contribution in [0.5, 0.6) is 0 Å². The molecule has 0 aromatic rings. The van der Waals surface area contributed by atoms with E-state index >= 15 is 0 Å². The summed E-state index contributed by atoms with van der Waals surface area (Å²) in [6.45, 7) is 6.54. The van der Waals surface area contributed by atoms with Crippen LogP contribution < -0.4 is 0 Å². The van der Waals surface area contributed by atoms with Crippen molar-refractivity contribution in [2.75, 3.05) is 0 Å². The van der Waals surface area contributed by atoms with Gasteiger partial charge in [-0.1, -0.05) is 42.6 Å². The molecule has 1 atom stereocenters. The maximum absolute atomic E-state index is 5.18. The van der Waals surface area contributed by atoms with Crippen LogP contribution in [0.15, 0.2) is 0 Å². The van der Waals surface area contributed by atoms with E-state index in [0.717, 1.165) is 6.42 Å². The SMILES string of the molecule is C#CC(Br)CC(C)(C)C. The summed E-state index contributed by atoms with van der Waals surface area (Å²) < 4.78 is 0. The summed E-state index contributed by atoms with van der Waals surface area (Å²) in [4.78, 5) is 0.234. The van der Waals surface area contributed by atoms with E-state index in [1.807, 2.05) is 0 Å². The van der Waals surface area contributed by atoms with Crippen molar-refractivity contribution in [3.05, 3.63) is 0 Å². The lowest BCUT2D eigenvalue weighted by atomic mass is 9.91. The third-order valence-electron chi connectivity index (χ3n) is 0.972. The van der Waals surface area contributed by atoms with Crippen molar-refractivity contribution in [2.45, 2.75) is 32.0 Å². The number of terminal acetylenes is 1. The molecule has 0 amide bonds. The fourth-order valence-electron chi connectivity index (χ4n) is 0.597. The standard InChI is InChI=1S/C8H13Br/c1-5-7(9)6-8(2,3)4/h1,7H,6H2,2-4H3. The average Bonchev–Trinajstić information content (AvgIpc) is 1.62. The van der Waals surface area contributed by atoms with Crippen LogP contribution >= 0.6 is 15.9 Å². The summed E-state index contributed by atoms with van der Waals surface area (Å²) in [6.07, 6.45) is 6.21. The Bertz CT molecular complexity index is 114. The van der Waals surface area contributed by atoms with Crippen molar-refractivity contribution in [1.29, 1.82) is 0 Å². The van der Waals surface area contributed by atoms with Crippen LogP contribution in [0, 0.1) is 17.8 Å². The van der Waals surface area contributed by atoms with E-state index in [0.29, 0.717) is 5.41 Å². The Labute approximate surface area is 66.2 Å². The van der Waals surface area contributed by atoms with Crippen molar-refractivity contribution in [3.63, 3.8) is 0 Å². The highest BCUT2D eigenvalue weighted by molar-refractivity contribution is 9.09. The van der Waals surface area contributed by atoms with Crippen LogP contribution in [-0.2, 0) is 0 Å². The molecule has 9 heavy (non-hydrogen) atoms. The molecule has 0 spiro atoms. The van der Waals surface area contributed by atoms with Gasteiger partial charge in [0.15, 0.2) is 0 Å². The lowest BCUT2D eigenvalue weighted by Gasteiger charge is -2.18. The predicted octanol–water partition coefficient (Wildman–Crippen LogP) is 2.82. The van der Waals surface area contributed by atoms with Crippen molar-refractivity contribution < 1.29 is 0 Å². The van der Waals surface area contributed by atoms with Gasteiger partial charge in [0.2, 0.25) is 0 Å². The molecule has 1 heteroatoms. The van der Waals surface area contributed by atoms with Crippen LogP contribution in [-0.4, -0.2) is 4.83 Å². The molecule has 0 nitrogen and oxygen atoms in total. The molecule has 0 aliphatic heterocycles. The molecule has 0 rings (SSSR count). The number of hydrogen-bond donors (Lipinski definition) is 0. The van der Waals surface area contributed by atoms with Crippen LogP contribution in [0.4, 0.5) is 0 Å². The normalized spacial score (nSPS) is 14.6. The number of rotatable bonds is 1. The smallest absolute Gasteiger partial charge is 0.0757 e. The zero-order valence-electron chi connectivity index (χ0n) is 6.24. The minimum atomic E-state index is 0.234. The Morgan fingerprint density at radius 1 is 1.56 bits per heavy atom. The van der Waals surface area contributed by atoms with E-state index in [9.17, 15) is 0 Å². The van der Waals surface area contributed by atoms with Gasteiger partial charge in [0.25, 0.3) is 0 Å². The largest absolute Gasteiger partial charge is 0.119 e. The summed E-state index contributed by atoms with van der Waals surface area (Å²) in [5.74, 6) is 2.64. The maximum Gasteiger partial charge on any atom is 0.0757 e. The van der Waals surface area contributed by atoms with Gasteiger partial charge in [0.1, 0.15) is 0 Å². The fourth-order valence-corrected chi connectivity index (χ4v) is 1.57. The quantitative estimate of drug-likeness (QED) is 0.439. The maximum atomic E-state index is 5.18. The third-order valence-corrected chi connectivity index (χ3v) is 1.56. The van der Waals surface area contributed by atoms with Gasteiger partial charge in [0, 0.05) is 0 Å². The summed E-state index contributed by atoms with van der Waals surface area (Å²) in [7, 11) is 0. The van der Waals surface area contributed by atoms with E-state index in [-0.39, 0.29) is 4.83 Å². The van der Waals surface area contributed by atoms with E-state index in [2.05, 4.69) is 42.6 Å². The van der Waals surface area contributed by atoms with Crippen molar-refractivity contribution >= 4 is 15.9 Å². The Kier molecular flexibility index (Phi) is 3.28. The highest BCUT2D eigenvalue weighted by atomic mass is 79.9. The molecule has 0 saturated heterocycles. The van der Waals surface area contributed by atoms with Gasteiger partial charge in [-0.15, -0.1) is 6.42 Å². The van der Waals surface area contributed by atoms with Crippen LogP contribution in [0.1, 0.15) is 27.2 Å². The Morgan fingerprint density at radius 2 is 2.00 bits per heavy atom. The number of hydrogen-bond acceptors (Lipinski definition) is 0. The highest BCUT2D eigenvalue weighted by Gasteiger charge is 2.13. The molecule has 0 aromatic carbocycles. The molecule has 0 heterocycles. The van der Waals surface area contributed by atoms with E-state index in [1.165, 1.54) is 0 Å². The molecule has 0 radical (unpaired) electrons. The second-order valence-corrected chi connectivity index (χ2v) is 4.50. The molecule has 0 N–H and O–H groups in total. The first-order valence-corrected chi connectivity index (χ1v) is 3.97. The topological polar surface area (TPSA) is 0 Å². The van der Waals surface area contributed by atoms with Crippen molar-refractivity contribution in [3.8, 4) is 12.3 Å². The van der Waals surface area contributed by atoms with Gasteiger partial charge in [-0.05, 0) is 11.8 Å². The Balaban J connectivity index is 3.63. The minimum absolute atomic E-state index is 0.234. The highest BCUT2D eigenvalue weighted by Crippen LogP contribution is 2.23. The summed E-state index contributed by atoms with van der Waals surface area (Å²) in [5.41, 5.74) is 0.334. The second kappa shape index (κ2) is 3.27. The monoisotopic (exact) mass is 188 g/mol. The summed E-state index contributed by atoms with van der Waals surface area (Å²) in [6, 6.07) is 0. The molecule has 0 aliphatic carbocycles. The first kappa shape index (κ1) is 9.04. The molecule has 52 valence electrons. The molecule has 0 aliphatic rings. The van der Waals surface area contributed by atoms with Gasteiger partial charge in [0.05, 0.1) is 4.83 Å². The zero-order valence-corrected chi connectivity index (χ0v) is 7.83. The second-order valence-electron chi connectivity index (χ2n) is 3.40. The minimum Gasteiger partial charge on any atom is -0.119 e. The van der Waals surface area contributed by atoms with Gasteiger partial charge < -0.3 is 0 Å². The van der Waals surface area contributed by atoms with Gasteiger partial charge in [-0.25, -0.2) is 0 Å². The molecule has 1 unspecified atom stereocenters. The van der Waals surface area contributed by atoms with E-state index < -0.39 is 0 Å². The van der Waals surface area contributed by atoms with E-state index in [4.69, 9.17) is 6.42 Å². The average molecular weight is 189 g/mol.